The van der Waals surface area contributed by atoms with Crippen LogP contribution in [0.25, 0.3) is 0 Å². The summed E-state index contributed by atoms with van der Waals surface area (Å²) in [7, 11) is 0. The summed E-state index contributed by atoms with van der Waals surface area (Å²) < 4.78 is 0. The molecule has 10 heteroatoms. The minimum Gasteiger partial charge on any atom is -0.262 e. The zero-order chi connectivity index (χ0) is 19.1. The van der Waals surface area contributed by atoms with Crippen molar-refractivity contribution < 1.29 is 9.59 Å². The molecule has 26 heavy (non-hydrogen) atoms. The lowest BCUT2D eigenvalue weighted by Crippen LogP contribution is -2.35. The SMILES string of the molecule is O=C(N/N=C/c1ccc(Cl)c(Cl)c1)C(=O)N/N=C/c1ccc(Cl)c(Cl)c1. The molecule has 2 amide bonds. The van der Waals surface area contributed by atoms with E-state index in [0.29, 0.717) is 31.2 Å². The van der Waals surface area contributed by atoms with Crippen molar-refractivity contribution in [1.82, 2.24) is 10.9 Å². The van der Waals surface area contributed by atoms with E-state index in [1.807, 2.05) is 0 Å². The summed E-state index contributed by atoms with van der Waals surface area (Å²) in [5.41, 5.74) is 5.31. The smallest absolute Gasteiger partial charge is 0.262 e. The second-order valence-electron chi connectivity index (χ2n) is 4.75. The zero-order valence-corrected chi connectivity index (χ0v) is 15.9. The van der Waals surface area contributed by atoms with Crippen LogP contribution in [-0.4, -0.2) is 24.2 Å². The van der Waals surface area contributed by atoms with Gasteiger partial charge in [-0.05, 0) is 35.4 Å². The van der Waals surface area contributed by atoms with Crippen LogP contribution < -0.4 is 10.9 Å². The van der Waals surface area contributed by atoms with Gasteiger partial charge in [0.1, 0.15) is 0 Å². The number of benzene rings is 2. The fraction of sp³-hybridized carbons (Fsp3) is 0. The van der Waals surface area contributed by atoms with E-state index < -0.39 is 11.8 Å². The third kappa shape index (κ3) is 6.00. The third-order valence-electron chi connectivity index (χ3n) is 2.85. The Kier molecular flexibility index (Phi) is 7.41. The number of carbonyl (C=O) groups is 2. The van der Waals surface area contributed by atoms with E-state index >= 15 is 0 Å². The van der Waals surface area contributed by atoms with Crippen LogP contribution in [0.5, 0.6) is 0 Å². The van der Waals surface area contributed by atoms with Crippen LogP contribution in [0.2, 0.25) is 20.1 Å². The Morgan fingerprint density at radius 3 is 1.42 bits per heavy atom. The summed E-state index contributed by atoms with van der Waals surface area (Å²) in [5, 5.41) is 8.78. The maximum Gasteiger partial charge on any atom is 0.331 e. The molecule has 0 aliphatic heterocycles. The maximum atomic E-state index is 11.6. The van der Waals surface area contributed by atoms with Crippen molar-refractivity contribution >= 4 is 70.6 Å². The van der Waals surface area contributed by atoms with Gasteiger partial charge in [0.15, 0.2) is 0 Å². The topological polar surface area (TPSA) is 82.9 Å². The summed E-state index contributed by atoms with van der Waals surface area (Å²) in [6.45, 7) is 0. The number of carbonyl (C=O) groups excluding carboxylic acids is 2. The molecule has 2 aromatic rings. The number of halogens is 4. The zero-order valence-electron chi connectivity index (χ0n) is 12.8. The Morgan fingerprint density at radius 1 is 0.692 bits per heavy atom. The van der Waals surface area contributed by atoms with Gasteiger partial charge in [-0.1, -0.05) is 58.5 Å². The van der Waals surface area contributed by atoms with Gasteiger partial charge in [-0.3, -0.25) is 9.59 Å². The van der Waals surface area contributed by atoms with Gasteiger partial charge in [0.05, 0.1) is 32.5 Å². The molecular formula is C16H10Cl4N4O2. The van der Waals surface area contributed by atoms with Crippen molar-refractivity contribution in [2.24, 2.45) is 10.2 Å². The van der Waals surface area contributed by atoms with Crippen molar-refractivity contribution in [3.05, 3.63) is 67.6 Å². The molecule has 0 aliphatic rings. The molecule has 2 N–H and O–H groups in total. The molecule has 0 heterocycles. The molecule has 0 atom stereocenters. The normalized spacial score (nSPS) is 11.1. The number of amides is 2. The van der Waals surface area contributed by atoms with E-state index in [1.54, 1.807) is 36.4 Å². The molecular weight excluding hydrogens is 422 g/mol. The molecule has 0 bridgehead atoms. The Labute approximate surface area is 168 Å². The van der Waals surface area contributed by atoms with Gasteiger partial charge < -0.3 is 0 Å². The second-order valence-corrected chi connectivity index (χ2v) is 6.37. The van der Waals surface area contributed by atoms with Crippen LogP contribution in [0.4, 0.5) is 0 Å². The highest BCUT2D eigenvalue weighted by Crippen LogP contribution is 2.22. The van der Waals surface area contributed by atoms with Crippen LogP contribution in [0.15, 0.2) is 46.6 Å². The molecule has 0 unspecified atom stereocenters. The highest BCUT2D eigenvalue weighted by molar-refractivity contribution is 6.42. The van der Waals surface area contributed by atoms with Crippen LogP contribution in [-0.2, 0) is 9.59 Å². The molecule has 2 rings (SSSR count). The fourth-order valence-electron chi connectivity index (χ4n) is 1.62. The largest absolute Gasteiger partial charge is 0.331 e. The average Bonchev–Trinajstić information content (AvgIpc) is 2.61. The molecule has 0 radical (unpaired) electrons. The summed E-state index contributed by atoms with van der Waals surface area (Å²) >= 11 is 23.3. The summed E-state index contributed by atoms with van der Waals surface area (Å²) in [6.07, 6.45) is 2.62. The first-order valence-electron chi connectivity index (χ1n) is 6.93. The number of nitrogens with zero attached hydrogens (tertiary/aromatic N) is 2. The van der Waals surface area contributed by atoms with E-state index in [1.165, 1.54) is 12.4 Å². The third-order valence-corrected chi connectivity index (χ3v) is 4.33. The minimum absolute atomic E-state index is 0.344. The first kappa shape index (κ1) is 20.2. The first-order valence-corrected chi connectivity index (χ1v) is 8.44. The number of hydrogen-bond acceptors (Lipinski definition) is 4. The monoisotopic (exact) mass is 430 g/mol. The van der Waals surface area contributed by atoms with Gasteiger partial charge in [-0.15, -0.1) is 0 Å². The Bertz CT molecular complexity index is 826. The standard InChI is InChI=1S/C16H10Cl4N4O2/c17-11-3-1-9(5-13(11)19)7-21-23-15(25)16(26)24-22-8-10-2-4-12(18)14(20)6-10/h1-8H,(H,23,25)(H,24,26)/b21-7+,22-8+. The minimum atomic E-state index is -0.993. The highest BCUT2D eigenvalue weighted by atomic mass is 35.5. The fourth-order valence-corrected chi connectivity index (χ4v) is 2.23. The molecule has 0 saturated heterocycles. The van der Waals surface area contributed by atoms with Crippen molar-refractivity contribution in [3.63, 3.8) is 0 Å². The molecule has 2 aromatic carbocycles. The van der Waals surface area contributed by atoms with Gasteiger partial charge in [0.2, 0.25) is 0 Å². The lowest BCUT2D eigenvalue weighted by molar-refractivity contribution is -0.139. The highest BCUT2D eigenvalue weighted by Gasteiger charge is 2.11. The van der Waals surface area contributed by atoms with Crippen molar-refractivity contribution in [1.29, 1.82) is 0 Å². The maximum absolute atomic E-state index is 11.6. The van der Waals surface area contributed by atoms with Crippen LogP contribution in [0.3, 0.4) is 0 Å². The van der Waals surface area contributed by atoms with Crippen LogP contribution in [0, 0.1) is 0 Å². The van der Waals surface area contributed by atoms with Crippen molar-refractivity contribution in [3.8, 4) is 0 Å². The molecule has 0 aromatic heterocycles. The van der Waals surface area contributed by atoms with Crippen molar-refractivity contribution in [2.45, 2.75) is 0 Å². The van der Waals surface area contributed by atoms with E-state index in [0.717, 1.165) is 0 Å². The number of nitrogens with one attached hydrogen (secondary N) is 2. The van der Waals surface area contributed by atoms with Gasteiger partial charge in [0, 0.05) is 0 Å². The summed E-state index contributed by atoms with van der Waals surface area (Å²) in [4.78, 5) is 23.2. The van der Waals surface area contributed by atoms with Gasteiger partial charge >= 0.3 is 11.8 Å². The van der Waals surface area contributed by atoms with E-state index in [4.69, 9.17) is 46.4 Å². The van der Waals surface area contributed by atoms with E-state index in [-0.39, 0.29) is 0 Å². The Hall–Kier alpha value is -2.12. The van der Waals surface area contributed by atoms with E-state index in [9.17, 15) is 9.59 Å². The Balaban J connectivity index is 1.85. The van der Waals surface area contributed by atoms with Crippen LogP contribution in [0.1, 0.15) is 11.1 Å². The van der Waals surface area contributed by atoms with E-state index in [2.05, 4.69) is 21.1 Å². The Morgan fingerprint density at radius 2 is 1.08 bits per heavy atom. The summed E-state index contributed by atoms with van der Waals surface area (Å²) in [5.74, 6) is -1.99. The van der Waals surface area contributed by atoms with Crippen LogP contribution >= 0.6 is 46.4 Å². The number of hydrogen-bond donors (Lipinski definition) is 2. The average molecular weight is 432 g/mol. The van der Waals surface area contributed by atoms with Gasteiger partial charge in [-0.2, -0.15) is 10.2 Å². The quantitative estimate of drug-likeness (QED) is 0.437. The molecule has 0 aliphatic carbocycles. The molecule has 0 fully saturated rings. The van der Waals surface area contributed by atoms with Gasteiger partial charge in [0.25, 0.3) is 0 Å². The predicted octanol–water partition coefficient (Wildman–Crippen LogP) is 3.90. The number of hydrazone groups is 2. The predicted molar refractivity (Wildman–Crippen MR) is 104 cm³/mol. The lowest BCUT2D eigenvalue weighted by Gasteiger charge is -2.00. The lowest BCUT2D eigenvalue weighted by atomic mass is 10.2. The second kappa shape index (κ2) is 9.54. The molecule has 134 valence electrons. The molecule has 0 spiro atoms. The first-order chi connectivity index (χ1) is 12.4. The van der Waals surface area contributed by atoms with Gasteiger partial charge in [-0.25, -0.2) is 10.9 Å². The van der Waals surface area contributed by atoms with Crippen molar-refractivity contribution in [2.75, 3.05) is 0 Å². The molecule has 0 saturated carbocycles. The summed E-state index contributed by atoms with van der Waals surface area (Å²) in [6, 6.07) is 9.56. The molecule has 6 nitrogen and oxygen atoms in total. The number of rotatable bonds is 4.